The third kappa shape index (κ3) is 4.78. The fraction of sp³-hybridized carbons (Fsp3) is 0.0952. The van der Waals surface area contributed by atoms with E-state index < -0.39 is 10.0 Å². The van der Waals surface area contributed by atoms with Crippen LogP contribution in [0.2, 0.25) is 0 Å². The summed E-state index contributed by atoms with van der Waals surface area (Å²) >= 11 is 1.53. The fourth-order valence-corrected chi connectivity index (χ4v) is 4.21. The van der Waals surface area contributed by atoms with E-state index in [0.29, 0.717) is 16.9 Å². The van der Waals surface area contributed by atoms with Crippen LogP contribution in [0.15, 0.2) is 82.6 Å². The number of anilines is 2. The molecule has 0 aromatic heterocycles. The van der Waals surface area contributed by atoms with Crippen molar-refractivity contribution in [2.75, 3.05) is 22.9 Å². The third-order valence-corrected chi connectivity index (χ3v) is 6.86. The van der Waals surface area contributed by atoms with E-state index in [0.717, 1.165) is 4.90 Å². The van der Waals surface area contributed by atoms with Gasteiger partial charge in [0.2, 0.25) is 0 Å². The molecule has 0 unspecified atom stereocenters. The molecule has 0 bridgehead atoms. The maximum absolute atomic E-state index is 13.0. The van der Waals surface area contributed by atoms with E-state index in [1.165, 1.54) is 59.5 Å². The highest BCUT2D eigenvalue weighted by Gasteiger charge is 2.21. The summed E-state index contributed by atoms with van der Waals surface area (Å²) in [6.07, 6.45) is 1.92. The minimum Gasteiger partial charge on any atom is -0.322 e. The number of halogens is 1. The molecule has 0 heterocycles. The van der Waals surface area contributed by atoms with Crippen LogP contribution >= 0.6 is 11.8 Å². The number of nitrogens with one attached hydrogen (secondary N) is 1. The number of sulfonamides is 1. The summed E-state index contributed by atoms with van der Waals surface area (Å²) in [5.74, 6) is -0.763. The standard InChI is InChI=1S/C21H19FN2O3S2/c1-24(29(26,27)20-13-11-19(28-2)12-14-20)18-9-3-15(4-10-18)21(25)23-17-7-5-16(22)6-8-17/h3-14H,1-2H3,(H,23,25). The molecule has 3 aromatic carbocycles. The van der Waals surface area contributed by atoms with Crippen molar-refractivity contribution in [2.24, 2.45) is 0 Å². The number of carbonyl (C=O) groups excluding carboxylic acids is 1. The summed E-state index contributed by atoms with van der Waals surface area (Å²) in [6, 6.07) is 18.3. The molecular weight excluding hydrogens is 411 g/mol. The van der Waals surface area contributed by atoms with E-state index in [4.69, 9.17) is 0 Å². The molecule has 3 aromatic rings. The van der Waals surface area contributed by atoms with Crippen LogP contribution in [0.5, 0.6) is 0 Å². The van der Waals surface area contributed by atoms with Gasteiger partial charge < -0.3 is 5.32 Å². The smallest absolute Gasteiger partial charge is 0.264 e. The molecule has 0 saturated heterocycles. The van der Waals surface area contributed by atoms with Gasteiger partial charge in [-0.15, -0.1) is 11.8 Å². The van der Waals surface area contributed by atoms with Gasteiger partial charge >= 0.3 is 0 Å². The molecule has 0 saturated carbocycles. The first-order valence-corrected chi connectivity index (χ1v) is 11.3. The summed E-state index contributed by atoms with van der Waals surface area (Å²) < 4.78 is 39.8. The van der Waals surface area contributed by atoms with Crippen LogP contribution in [-0.4, -0.2) is 27.6 Å². The lowest BCUT2D eigenvalue weighted by Gasteiger charge is -2.20. The average Bonchev–Trinajstić information content (AvgIpc) is 2.75. The molecule has 8 heteroatoms. The van der Waals surface area contributed by atoms with Crippen LogP contribution in [0.4, 0.5) is 15.8 Å². The topological polar surface area (TPSA) is 66.5 Å². The molecule has 0 atom stereocenters. The van der Waals surface area contributed by atoms with Gasteiger partial charge in [-0.2, -0.15) is 0 Å². The summed E-state index contributed by atoms with van der Waals surface area (Å²) in [5, 5.41) is 2.66. The maximum Gasteiger partial charge on any atom is 0.264 e. The predicted molar refractivity (Wildman–Crippen MR) is 115 cm³/mol. The Balaban J connectivity index is 1.75. The molecule has 0 aliphatic carbocycles. The number of nitrogens with zero attached hydrogens (tertiary/aromatic N) is 1. The molecule has 1 N–H and O–H groups in total. The quantitative estimate of drug-likeness (QED) is 0.579. The van der Waals surface area contributed by atoms with Crippen LogP contribution < -0.4 is 9.62 Å². The minimum atomic E-state index is -3.71. The molecule has 1 amide bonds. The number of rotatable bonds is 6. The van der Waals surface area contributed by atoms with Crippen LogP contribution in [0.3, 0.4) is 0 Å². The van der Waals surface area contributed by atoms with Crippen molar-refractivity contribution in [1.82, 2.24) is 0 Å². The number of carbonyl (C=O) groups is 1. The van der Waals surface area contributed by atoms with Crippen LogP contribution in [0, 0.1) is 5.82 Å². The molecule has 150 valence electrons. The SMILES string of the molecule is CSc1ccc(S(=O)(=O)N(C)c2ccc(C(=O)Nc3ccc(F)cc3)cc2)cc1. The first kappa shape index (κ1) is 20.9. The summed E-state index contributed by atoms with van der Waals surface area (Å²) in [6.45, 7) is 0. The molecule has 0 radical (unpaired) electrons. The molecule has 0 spiro atoms. The van der Waals surface area contributed by atoms with Crippen molar-refractivity contribution in [2.45, 2.75) is 9.79 Å². The van der Waals surface area contributed by atoms with E-state index in [1.54, 1.807) is 36.4 Å². The lowest BCUT2D eigenvalue weighted by Crippen LogP contribution is -2.26. The van der Waals surface area contributed by atoms with Crippen molar-refractivity contribution >= 4 is 39.1 Å². The Morgan fingerprint density at radius 3 is 2.07 bits per heavy atom. The van der Waals surface area contributed by atoms with Crippen LogP contribution in [-0.2, 0) is 10.0 Å². The van der Waals surface area contributed by atoms with Gasteiger partial charge in [-0.1, -0.05) is 0 Å². The maximum atomic E-state index is 13.0. The van der Waals surface area contributed by atoms with Gasteiger partial charge in [0.1, 0.15) is 5.82 Å². The van der Waals surface area contributed by atoms with Crippen molar-refractivity contribution < 1.29 is 17.6 Å². The monoisotopic (exact) mass is 430 g/mol. The van der Waals surface area contributed by atoms with E-state index in [9.17, 15) is 17.6 Å². The van der Waals surface area contributed by atoms with Gasteiger partial charge in [0.25, 0.3) is 15.9 Å². The van der Waals surface area contributed by atoms with Crippen LogP contribution in [0.25, 0.3) is 0 Å². The second-order valence-electron chi connectivity index (χ2n) is 6.16. The molecule has 3 rings (SSSR count). The van der Waals surface area contributed by atoms with Crippen molar-refractivity contribution in [1.29, 1.82) is 0 Å². The summed E-state index contributed by atoms with van der Waals surface area (Å²) in [4.78, 5) is 13.5. The van der Waals surface area contributed by atoms with E-state index in [2.05, 4.69) is 5.32 Å². The van der Waals surface area contributed by atoms with Gasteiger partial charge in [-0.25, -0.2) is 12.8 Å². The lowest BCUT2D eigenvalue weighted by atomic mass is 10.2. The second kappa shape index (κ2) is 8.67. The van der Waals surface area contributed by atoms with Crippen LogP contribution in [0.1, 0.15) is 10.4 Å². The van der Waals surface area contributed by atoms with E-state index >= 15 is 0 Å². The normalized spacial score (nSPS) is 11.1. The lowest BCUT2D eigenvalue weighted by molar-refractivity contribution is 0.102. The van der Waals surface area contributed by atoms with Gasteiger partial charge in [0.05, 0.1) is 10.6 Å². The molecule has 0 aliphatic rings. The Kier molecular flexibility index (Phi) is 6.24. The van der Waals surface area contributed by atoms with Gasteiger partial charge in [0, 0.05) is 23.2 Å². The van der Waals surface area contributed by atoms with Gasteiger partial charge in [-0.05, 0) is 79.1 Å². The first-order chi connectivity index (χ1) is 13.8. The minimum absolute atomic E-state index is 0.191. The largest absolute Gasteiger partial charge is 0.322 e. The Morgan fingerprint density at radius 2 is 1.52 bits per heavy atom. The molecule has 29 heavy (non-hydrogen) atoms. The fourth-order valence-electron chi connectivity index (χ4n) is 2.60. The van der Waals surface area contributed by atoms with Crippen molar-refractivity contribution in [3.05, 3.63) is 84.2 Å². The average molecular weight is 431 g/mol. The first-order valence-electron chi connectivity index (χ1n) is 8.61. The number of benzene rings is 3. The number of hydrogen-bond donors (Lipinski definition) is 1. The Bertz CT molecular complexity index is 1100. The van der Waals surface area contributed by atoms with Gasteiger partial charge in [0.15, 0.2) is 0 Å². The second-order valence-corrected chi connectivity index (χ2v) is 9.00. The van der Waals surface area contributed by atoms with Gasteiger partial charge in [-0.3, -0.25) is 9.10 Å². The van der Waals surface area contributed by atoms with E-state index in [1.807, 2.05) is 6.26 Å². The number of amides is 1. The zero-order chi connectivity index (χ0) is 21.0. The van der Waals surface area contributed by atoms with Crippen molar-refractivity contribution in [3.63, 3.8) is 0 Å². The Labute approximate surface area is 173 Å². The summed E-state index contributed by atoms with van der Waals surface area (Å²) in [5.41, 5.74) is 1.25. The zero-order valence-corrected chi connectivity index (χ0v) is 17.4. The predicted octanol–water partition coefficient (Wildman–Crippen LogP) is 4.63. The highest BCUT2D eigenvalue weighted by molar-refractivity contribution is 7.98. The molecule has 5 nitrogen and oxygen atoms in total. The molecule has 0 fully saturated rings. The third-order valence-electron chi connectivity index (χ3n) is 4.31. The number of thioether (sulfide) groups is 1. The Hall–Kier alpha value is -2.84. The zero-order valence-electron chi connectivity index (χ0n) is 15.8. The highest BCUT2D eigenvalue weighted by Crippen LogP contribution is 2.24. The number of hydrogen-bond acceptors (Lipinski definition) is 4. The molecular formula is C21H19FN2O3S2. The van der Waals surface area contributed by atoms with Crippen molar-refractivity contribution in [3.8, 4) is 0 Å². The van der Waals surface area contributed by atoms with E-state index in [-0.39, 0.29) is 16.6 Å². The molecule has 0 aliphatic heterocycles. The summed E-state index contributed by atoms with van der Waals surface area (Å²) in [7, 11) is -2.25. The Morgan fingerprint density at radius 1 is 0.931 bits per heavy atom. The highest BCUT2D eigenvalue weighted by atomic mass is 32.2.